The highest BCUT2D eigenvalue weighted by Crippen LogP contribution is 2.21. The number of aryl methyl sites for hydroxylation is 1. The number of carbonyl (C=O) groups is 1. The van der Waals surface area contributed by atoms with Crippen LogP contribution in [0.5, 0.6) is 5.88 Å². The average molecular weight is 307 g/mol. The summed E-state index contributed by atoms with van der Waals surface area (Å²) in [4.78, 5) is 21.7. The summed E-state index contributed by atoms with van der Waals surface area (Å²) in [7, 11) is 0. The normalized spacial score (nSPS) is 14.7. The molecular weight excluding hydrogens is 290 g/mol. The van der Waals surface area contributed by atoms with Crippen LogP contribution in [-0.2, 0) is 0 Å². The molecule has 0 unspecified atom stereocenters. The van der Waals surface area contributed by atoms with Gasteiger partial charge in [0.15, 0.2) is 0 Å². The lowest BCUT2D eigenvalue weighted by Gasteiger charge is -2.38. The van der Waals surface area contributed by atoms with Gasteiger partial charge in [0.2, 0.25) is 5.88 Å². The smallest absolute Gasteiger partial charge is 0.254 e. The minimum Gasteiger partial charge on any atom is -0.471 e. The summed E-state index contributed by atoms with van der Waals surface area (Å²) in [5.74, 6) is 0.661. The average Bonchev–Trinajstić information content (AvgIpc) is 2.97. The van der Waals surface area contributed by atoms with Gasteiger partial charge in [0.25, 0.3) is 5.91 Å². The monoisotopic (exact) mass is 307 g/mol. The molecule has 1 saturated heterocycles. The first-order valence-electron chi connectivity index (χ1n) is 7.66. The number of ether oxygens (including phenoxy) is 1. The minimum atomic E-state index is 0.0162. The Morgan fingerprint density at radius 2 is 2.13 bits per heavy atom. The van der Waals surface area contributed by atoms with Gasteiger partial charge in [-0.15, -0.1) is 0 Å². The van der Waals surface area contributed by atoms with E-state index in [-0.39, 0.29) is 12.0 Å². The number of aromatic nitrogens is 2. The van der Waals surface area contributed by atoms with Gasteiger partial charge in [-0.05, 0) is 36.6 Å². The van der Waals surface area contributed by atoms with Crippen LogP contribution in [0.25, 0.3) is 10.9 Å². The number of hydrogen-bond acceptors (Lipinski definition) is 3. The van der Waals surface area contributed by atoms with Crippen molar-refractivity contribution in [2.24, 2.45) is 0 Å². The number of pyridine rings is 1. The van der Waals surface area contributed by atoms with Crippen molar-refractivity contribution in [2.75, 3.05) is 13.1 Å². The maximum Gasteiger partial charge on any atom is 0.254 e. The van der Waals surface area contributed by atoms with Gasteiger partial charge >= 0.3 is 0 Å². The number of H-pyrrole nitrogens is 1. The van der Waals surface area contributed by atoms with Crippen molar-refractivity contribution in [3.8, 4) is 5.88 Å². The molecule has 23 heavy (non-hydrogen) atoms. The van der Waals surface area contributed by atoms with Crippen molar-refractivity contribution in [3.63, 3.8) is 0 Å². The zero-order valence-corrected chi connectivity index (χ0v) is 12.8. The highest BCUT2D eigenvalue weighted by Gasteiger charge is 2.33. The van der Waals surface area contributed by atoms with Crippen LogP contribution in [0.2, 0.25) is 0 Å². The summed E-state index contributed by atoms with van der Waals surface area (Å²) in [6.45, 7) is 3.12. The van der Waals surface area contributed by atoms with Gasteiger partial charge in [-0.2, -0.15) is 0 Å². The topological polar surface area (TPSA) is 58.2 Å². The molecule has 0 atom stereocenters. The number of aromatic amines is 1. The molecule has 4 rings (SSSR count). The van der Waals surface area contributed by atoms with Crippen LogP contribution in [0.15, 0.2) is 48.7 Å². The Balaban J connectivity index is 1.40. The summed E-state index contributed by atoms with van der Waals surface area (Å²) in [5, 5.41) is 1.11. The van der Waals surface area contributed by atoms with Crippen molar-refractivity contribution < 1.29 is 9.53 Å². The molecule has 116 valence electrons. The Morgan fingerprint density at radius 1 is 1.26 bits per heavy atom. The number of fused-ring (bicyclic) bond motifs is 1. The number of carbonyl (C=O) groups excluding carboxylic acids is 1. The Kier molecular flexibility index (Phi) is 3.26. The summed E-state index contributed by atoms with van der Waals surface area (Å²) in [6, 6.07) is 13.4. The fraction of sp³-hybridized carbons (Fsp3) is 0.222. The van der Waals surface area contributed by atoms with Crippen molar-refractivity contribution >= 4 is 16.8 Å². The Hall–Kier alpha value is -2.82. The van der Waals surface area contributed by atoms with Gasteiger partial charge < -0.3 is 14.6 Å². The molecule has 0 saturated carbocycles. The van der Waals surface area contributed by atoms with Crippen LogP contribution in [0.1, 0.15) is 16.1 Å². The van der Waals surface area contributed by atoms with Crippen LogP contribution in [0.3, 0.4) is 0 Å². The zero-order chi connectivity index (χ0) is 15.8. The van der Waals surface area contributed by atoms with Gasteiger partial charge in [-0.3, -0.25) is 4.79 Å². The summed E-state index contributed by atoms with van der Waals surface area (Å²) < 4.78 is 5.79. The molecule has 5 heteroatoms. The van der Waals surface area contributed by atoms with Gasteiger partial charge in [0.1, 0.15) is 6.10 Å². The first-order chi connectivity index (χ1) is 11.2. The highest BCUT2D eigenvalue weighted by atomic mass is 16.5. The van der Waals surface area contributed by atoms with Crippen molar-refractivity contribution in [1.82, 2.24) is 14.9 Å². The lowest BCUT2D eigenvalue weighted by molar-refractivity contribution is 0.0159. The number of amides is 1. The van der Waals surface area contributed by atoms with Crippen molar-refractivity contribution in [1.29, 1.82) is 0 Å². The molecule has 3 aromatic rings. The van der Waals surface area contributed by atoms with Crippen LogP contribution >= 0.6 is 0 Å². The van der Waals surface area contributed by atoms with Gasteiger partial charge in [-0.25, -0.2) is 4.98 Å². The summed E-state index contributed by atoms with van der Waals surface area (Å²) in [6.07, 6.45) is 1.89. The highest BCUT2D eigenvalue weighted by molar-refractivity contribution is 5.98. The summed E-state index contributed by atoms with van der Waals surface area (Å²) in [5.41, 5.74) is 2.61. The molecule has 0 aliphatic carbocycles. The quantitative estimate of drug-likeness (QED) is 0.809. The van der Waals surface area contributed by atoms with Crippen LogP contribution in [0.4, 0.5) is 0 Å². The Labute approximate surface area is 133 Å². The van der Waals surface area contributed by atoms with Crippen LogP contribution in [0, 0.1) is 6.92 Å². The van der Waals surface area contributed by atoms with E-state index in [1.54, 1.807) is 4.90 Å². The van der Waals surface area contributed by atoms with E-state index in [1.165, 1.54) is 0 Å². The fourth-order valence-corrected chi connectivity index (χ4v) is 2.80. The third kappa shape index (κ3) is 2.65. The molecule has 0 spiro atoms. The predicted octanol–water partition coefficient (Wildman–Crippen LogP) is 2.77. The predicted molar refractivity (Wildman–Crippen MR) is 87.6 cm³/mol. The minimum absolute atomic E-state index is 0.0162. The molecule has 1 N–H and O–H groups in total. The molecule has 0 radical (unpaired) electrons. The van der Waals surface area contributed by atoms with E-state index in [1.807, 2.05) is 55.6 Å². The maximum atomic E-state index is 12.5. The van der Waals surface area contributed by atoms with E-state index < -0.39 is 0 Å². The van der Waals surface area contributed by atoms with E-state index in [0.29, 0.717) is 24.5 Å². The van der Waals surface area contributed by atoms with Gasteiger partial charge in [0, 0.05) is 29.0 Å². The zero-order valence-electron chi connectivity index (χ0n) is 12.8. The molecular formula is C18H17N3O2. The lowest BCUT2D eigenvalue weighted by atomic mass is 10.1. The molecule has 1 aromatic carbocycles. The van der Waals surface area contributed by atoms with E-state index in [9.17, 15) is 4.79 Å². The largest absolute Gasteiger partial charge is 0.471 e. The van der Waals surface area contributed by atoms with Crippen LogP contribution < -0.4 is 4.74 Å². The third-order valence-electron chi connectivity index (χ3n) is 4.09. The molecule has 0 bridgehead atoms. The molecule has 3 heterocycles. The van der Waals surface area contributed by atoms with E-state index in [0.717, 1.165) is 16.6 Å². The molecule has 5 nitrogen and oxygen atoms in total. The first kappa shape index (κ1) is 13.8. The van der Waals surface area contributed by atoms with E-state index in [4.69, 9.17) is 4.74 Å². The molecule has 1 aliphatic rings. The summed E-state index contributed by atoms with van der Waals surface area (Å²) >= 11 is 0. The maximum absolute atomic E-state index is 12.5. The second kappa shape index (κ2) is 5.43. The SMILES string of the molecule is Cc1cccc(OC2CN(C(=O)c3ccc4cc[nH]c4c3)C2)n1. The lowest BCUT2D eigenvalue weighted by Crippen LogP contribution is -2.56. The Bertz CT molecular complexity index is 865. The van der Waals surface area contributed by atoms with Crippen LogP contribution in [-0.4, -0.2) is 40.0 Å². The van der Waals surface area contributed by atoms with Crippen molar-refractivity contribution in [2.45, 2.75) is 13.0 Å². The number of benzene rings is 1. The second-order valence-corrected chi connectivity index (χ2v) is 5.85. The van der Waals surface area contributed by atoms with E-state index in [2.05, 4.69) is 9.97 Å². The van der Waals surface area contributed by atoms with Gasteiger partial charge in [-0.1, -0.05) is 12.1 Å². The number of likely N-dealkylation sites (tertiary alicyclic amines) is 1. The molecule has 1 amide bonds. The number of nitrogens with one attached hydrogen (secondary N) is 1. The standard InChI is InChI=1S/C18H17N3O2/c1-12-3-2-4-17(20-12)23-15-10-21(11-15)18(22)14-6-5-13-7-8-19-16(13)9-14/h2-9,15,19H,10-11H2,1H3. The molecule has 2 aromatic heterocycles. The second-order valence-electron chi connectivity index (χ2n) is 5.85. The fourth-order valence-electron chi connectivity index (χ4n) is 2.80. The van der Waals surface area contributed by atoms with Gasteiger partial charge in [0.05, 0.1) is 13.1 Å². The van der Waals surface area contributed by atoms with Crippen molar-refractivity contribution in [3.05, 3.63) is 59.9 Å². The van der Waals surface area contributed by atoms with E-state index >= 15 is 0 Å². The Morgan fingerprint density at radius 3 is 2.96 bits per heavy atom. The number of nitrogens with zero attached hydrogens (tertiary/aromatic N) is 2. The molecule has 1 fully saturated rings. The molecule has 1 aliphatic heterocycles. The third-order valence-corrected chi connectivity index (χ3v) is 4.09. The first-order valence-corrected chi connectivity index (χ1v) is 7.66. The number of rotatable bonds is 3. The number of hydrogen-bond donors (Lipinski definition) is 1.